The smallest absolute Gasteiger partial charge is 0.410 e. The predicted molar refractivity (Wildman–Crippen MR) is 184 cm³/mol. The lowest BCUT2D eigenvalue weighted by Gasteiger charge is -2.33. The largest absolute Gasteiger partial charge is 0.476 e. The third-order valence-corrected chi connectivity index (χ3v) is 9.23. The van der Waals surface area contributed by atoms with Gasteiger partial charge in [-0.25, -0.2) is 19.5 Å². The van der Waals surface area contributed by atoms with Crippen molar-refractivity contribution in [1.29, 1.82) is 0 Å². The molecule has 2 aliphatic rings. The van der Waals surface area contributed by atoms with Crippen molar-refractivity contribution in [3.63, 3.8) is 0 Å². The van der Waals surface area contributed by atoms with Crippen LogP contribution >= 0.6 is 23.5 Å². The number of nitrogens with one attached hydrogen (secondary N) is 2. The lowest BCUT2D eigenvalue weighted by atomic mass is 9.93. The van der Waals surface area contributed by atoms with Gasteiger partial charge in [0.15, 0.2) is 5.82 Å². The summed E-state index contributed by atoms with van der Waals surface area (Å²) in [5, 5.41) is 7.58. The summed E-state index contributed by atoms with van der Waals surface area (Å²) in [5.41, 5.74) is -2.55. The molecule has 2 aromatic rings. The molecule has 3 heterocycles. The van der Waals surface area contributed by atoms with E-state index >= 15 is 0 Å². The normalized spacial score (nSPS) is 18.5. The minimum atomic E-state index is -4.33. The van der Waals surface area contributed by atoms with Gasteiger partial charge in [0.2, 0.25) is 5.88 Å². The molecule has 49 heavy (non-hydrogen) atoms. The van der Waals surface area contributed by atoms with Crippen LogP contribution in [-0.4, -0.2) is 73.7 Å². The molecule has 1 aliphatic heterocycles. The Morgan fingerprint density at radius 1 is 1.22 bits per heavy atom. The molecular formula is C33H43ClF3N7O4S. The molecule has 2 fully saturated rings. The fourth-order valence-electron chi connectivity index (χ4n) is 5.38. The summed E-state index contributed by atoms with van der Waals surface area (Å²) in [6.07, 6.45) is 1.04. The average Bonchev–Trinajstić information content (AvgIpc) is 3.55. The molecule has 2 aromatic heterocycles. The number of pyridine rings is 1. The fraction of sp³-hybridized carbons (Fsp3) is 0.545. The molecule has 4 rings (SSSR count). The van der Waals surface area contributed by atoms with Crippen molar-refractivity contribution in [1.82, 2.24) is 29.7 Å². The van der Waals surface area contributed by atoms with Crippen LogP contribution in [0, 0.1) is 11.3 Å². The predicted octanol–water partition coefficient (Wildman–Crippen LogP) is 7.48. The quantitative estimate of drug-likeness (QED) is 0.0760. The Balaban J connectivity index is 1.21. The number of nitrogens with zero attached hydrogens (tertiary/aromatic N) is 5. The zero-order valence-electron chi connectivity index (χ0n) is 28.3. The second-order valence-electron chi connectivity index (χ2n) is 13.8. The van der Waals surface area contributed by atoms with Gasteiger partial charge in [0.25, 0.3) is 5.91 Å². The van der Waals surface area contributed by atoms with Gasteiger partial charge in [-0.15, -0.1) is 5.10 Å². The number of likely N-dealkylation sites (tertiary alicyclic amines) is 1. The van der Waals surface area contributed by atoms with E-state index in [1.54, 1.807) is 0 Å². The van der Waals surface area contributed by atoms with E-state index in [0.29, 0.717) is 29.9 Å². The molecule has 0 aromatic carbocycles. The Hall–Kier alpha value is -3.72. The van der Waals surface area contributed by atoms with Crippen LogP contribution < -0.4 is 14.8 Å². The molecule has 1 unspecified atom stereocenters. The molecule has 2 amide bonds. The van der Waals surface area contributed by atoms with Crippen LogP contribution in [0.1, 0.15) is 77.1 Å². The molecule has 11 nitrogen and oxygen atoms in total. The molecule has 0 bridgehead atoms. The van der Waals surface area contributed by atoms with E-state index in [9.17, 15) is 22.8 Å². The molecule has 1 atom stereocenters. The van der Waals surface area contributed by atoms with Crippen molar-refractivity contribution >= 4 is 40.6 Å². The maximum Gasteiger partial charge on any atom is 0.410 e. The second kappa shape index (κ2) is 15.0. The maximum absolute atomic E-state index is 13.2. The fourth-order valence-corrected chi connectivity index (χ4v) is 6.17. The zero-order chi connectivity index (χ0) is 36.2. The van der Waals surface area contributed by atoms with Crippen LogP contribution in [0.3, 0.4) is 0 Å². The third-order valence-electron chi connectivity index (χ3n) is 8.19. The number of carbonyl (C=O) groups is 2. The summed E-state index contributed by atoms with van der Waals surface area (Å²) in [6.45, 7) is 18.2. The number of hydrogen-bond acceptors (Lipinski definition) is 9. The van der Waals surface area contributed by atoms with Gasteiger partial charge in [-0.1, -0.05) is 24.8 Å². The van der Waals surface area contributed by atoms with Crippen LogP contribution in [0.15, 0.2) is 54.4 Å². The number of alkyl halides is 3. The highest BCUT2D eigenvalue weighted by Gasteiger charge is 2.64. The van der Waals surface area contributed by atoms with Crippen molar-refractivity contribution < 1.29 is 32.2 Å². The van der Waals surface area contributed by atoms with E-state index in [4.69, 9.17) is 21.1 Å². The summed E-state index contributed by atoms with van der Waals surface area (Å²) >= 11 is 7.22. The Morgan fingerprint density at radius 2 is 1.94 bits per heavy atom. The van der Waals surface area contributed by atoms with E-state index in [1.807, 2.05) is 25.7 Å². The van der Waals surface area contributed by atoms with E-state index < -0.39 is 29.7 Å². The van der Waals surface area contributed by atoms with Crippen molar-refractivity contribution in [2.45, 2.75) is 84.0 Å². The number of ether oxygens (including phenoxy) is 2. The number of amides is 2. The van der Waals surface area contributed by atoms with Gasteiger partial charge in [0.1, 0.15) is 33.6 Å². The summed E-state index contributed by atoms with van der Waals surface area (Å²) in [5.74, 6) is 0.477. The maximum atomic E-state index is 13.2. The second-order valence-corrected chi connectivity index (χ2v) is 15.0. The van der Waals surface area contributed by atoms with E-state index in [0.717, 1.165) is 31.2 Å². The molecule has 16 heteroatoms. The molecule has 1 aliphatic carbocycles. The SMILES string of the molecule is C=C/C(=N\C(=C)NCCCC1CN(C(=O)OC(C)(C)C)C(C)(C)C1)SNC(=O)c1ccc(-n2ccc(OCC3(C(F)(F)F)CC3)n2)nc1Cl. The lowest BCUT2D eigenvalue weighted by Crippen LogP contribution is -2.45. The van der Waals surface area contributed by atoms with Crippen LogP contribution in [0.4, 0.5) is 18.0 Å². The molecule has 0 spiro atoms. The standard InChI is InChI=1S/C33H43ClF3N7O4S/c1-8-26(39-21(2)38-16-9-10-22-18-31(6,7)43(19-22)29(46)48-30(3,4)5)49-42-28(45)23-11-12-24(40-27(23)34)44-17-13-25(41-44)47-20-32(14-15-32)33(35,36)37/h8,11-13,17,22,38H,1-2,9-10,14-16,18-20H2,3-7H3,(H,42,45)/b39-26+. The highest BCUT2D eigenvalue weighted by atomic mass is 35.5. The van der Waals surface area contributed by atoms with Crippen LogP contribution in [0.25, 0.3) is 5.82 Å². The van der Waals surface area contributed by atoms with Gasteiger partial charge in [-0.3, -0.25) is 9.52 Å². The summed E-state index contributed by atoms with van der Waals surface area (Å²) in [6, 6.07) is 4.38. The number of aliphatic imine (C=N–C) groups is 1. The van der Waals surface area contributed by atoms with Crippen LogP contribution in [-0.2, 0) is 4.74 Å². The van der Waals surface area contributed by atoms with Crippen molar-refractivity contribution in [3.05, 3.63) is 60.2 Å². The lowest BCUT2D eigenvalue weighted by molar-refractivity contribution is -0.194. The monoisotopic (exact) mass is 725 g/mol. The highest BCUT2D eigenvalue weighted by molar-refractivity contribution is 8.13. The molecule has 0 radical (unpaired) electrons. The Morgan fingerprint density at radius 3 is 2.55 bits per heavy atom. The number of rotatable bonds is 12. The molecule has 2 N–H and O–H groups in total. The first-order chi connectivity index (χ1) is 22.8. The van der Waals surface area contributed by atoms with Gasteiger partial charge in [-0.2, -0.15) is 13.2 Å². The van der Waals surface area contributed by atoms with Gasteiger partial charge in [0.05, 0.1) is 5.56 Å². The molecule has 1 saturated heterocycles. The van der Waals surface area contributed by atoms with Crippen LogP contribution in [0.2, 0.25) is 5.15 Å². The van der Waals surface area contributed by atoms with Gasteiger partial charge >= 0.3 is 12.3 Å². The topological polar surface area (TPSA) is 123 Å². The minimum Gasteiger partial charge on any atom is -0.476 e. The van der Waals surface area contributed by atoms with Gasteiger partial charge in [-0.05, 0) is 90.8 Å². The first-order valence-electron chi connectivity index (χ1n) is 15.9. The van der Waals surface area contributed by atoms with Crippen molar-refractivity contribution in [3.8, 4) is 11.7 Å². The van der Waals surface area contributed by atoms with Gasteiger partial charge in [0, 0.05) is 42.8 Å². The van der Waals surface area contributed by atoms with Crippen LogP contribution in [0.5, 0.6) is 5.88 Å². The third kappa shape index (κ3) is 10.2. The summed E-state index contributed by atoms with van der Waals surface area (Å²) in [4.78, 5) is 35.9. The molecular weight excluding hydrogens is 683 g/mol. The summed E-state index contributed by atoms with van der Waals surface area (Å²) < 4.78 is 54.4. The van der Waals surface area contributed by atoms with E-state index in [2.05, 4.69) is 52.1 Å². The number of aromatic nitrogens is 3. The Kier molecular flexibility index (Phi) is 11.7. The molecule has 1 saturated carbocycles. The summed E-state index contributed by atoms with van der Waals surface area (Å²) in [7, 11) is 0. The zero-order valence-corrected chi connectivity index (χ0v) is 29.9. The number of hydrogen-bond donors (Lipinski definition) is 2. The van der Waals surface area contributed by atoms with Crippen molar-refractivity contribution in [2.75, 3.05) is 19.7 Å². The van der Waals surface area contributed by atoms with E-state index in [-0.39, 0.29) is 46.9 Å². The Bertz CT molecular complexity index is 1580. The van der Waals surface area contributed by atoms with Crippen molar-refractivity contribution in [2.24, 2.45) is 16.3 Å². The van der Waals surface area contributed by atoms with Gasteiger partial charge < -0.3 is 19.7 Å². The average molecular weight is 726 g/mol. The number of halogens is 4. The minimum absolute atomic E-state index is 0.0171. The molecule has 268 valence electrons. The van der Waals surface area contributed by atoms with E-state index in [1.165, 1.54) is 35.2 Å². The first-order valence-corrected chi connectivity index (χ1v) is 17.1. The highest BCUT2D eigenvalue weighted by Crippen LogP contribution is 2.57. The first kappa shape index (κ1) is 38.1. The Labute approximate surface area is 293 Å². The number of carbonyl (C=O) groups excluding carboxylic acids is 2.